The first kappa shape index (κ1) is 15.2. The second-order valence-corrected chi connectivity index (χ2v) is 5.12. The highest BCUT2D eigenvalue weighted by Crippen LogP contribution is 2.13. The lowest BCUT2D eigenvalue weighted by molar-refractivity contribution is -0.146. The second-order valence-electron chi connectivity index (χ2n) is 5.12. The van der Waals surface area contributed by atoms with Crippen LogP contribution in [-0.4, -0.2) is 23.5 Å². The molecule has 0 spiro atoms. The Morgan fingerprint density at radius 2 is 1.84 bits per heavy atom. The number of nitrogens with two attached hydrogens (primary N) is 1. The first-order chi connectivity index (χ1) is 8.86. The van der Waals surface area contributed by atoms with Gasteiger partial charge in [-0.15, -0.1) is 0 Å². The number of carboxylic acid groups (broad SMARTS) is 1. The molecule has 0 aliphatic heterocycles. The highest BCUT2D eigenvalue weighted by atomic mass is 16.4. The van der Waals surface area contributed by atoms with E-state index in [0.29, 0.717) is 6.54 Å². The van der Waals surface area contributed by atoms with E-state index in [4.69, 9.17) is 10.8 Å². The van der Waals surface area contributed by atoms with Gasteiger partial charge < -0.3 is 16.2 Å². The molecule has 1 rings (SSSR count). The summed E-state index contributed by atoms with van der Waals surface area (Å²) in [6.45, 7) is 3.63. The summed E-state index contributed by atoms with van der Waals surface area (Å²) in [5, 5.41) is 11.6. The van der Waals surface area contributed by atoms with Gasteiger partial charge in [0, 0.05) is 13.1 Å². The summed E-state index contributed by atoms with van der Waals surface area (Å²) >= 11 is 0. The molecule has 0 aromatic heterocycles. The van der Waals surface area contributed by atoms with Crippen molar-refractivity contribution >= 4 is 11.9 Å². The molecule has 4 N–H and O–H groups in total. The van der Waals surface area contributed by atoms with Crippen molar-refractivity contribution in [3.63, 3.8) is 0 Å². The van der Waals surface area contributed by atoms with Crippen molar-refractivity contribution in [2.45, 2.75) is 26.8 Å². The van der Waals surface area contributed by atoms with E-state index in [9.17, 15) is 9.59 Å². The van der Waals surface area contributed by atoms with Crippen molar-refractivity contribution in [2.75, 3.05) is 6.54 Å². The third-order valence-electron chi connectivity index (χ3n) is 3.00. The molecule has 1 amide bonds. The van der Waals surface area contributed by atoms with Crippen molar-refractivity contribution in [3.8, 4) is 0 Å². The van der Waals surface area contributed by atoms with E-state index in [1.165, 1.54) is 0 Å². The minimum atomic E-state index is -0.969. The molecule has 0 radical (unpaired) electrons. The van der Waals surface area contributed by atoms with Gasteiger partial charge in [-0.25, -0.2) is 0 Å². The number of carbonyl (C=O) groups excluding carboxylic acids is 1. The third kappa shape index (κ3) is 4.37. The van der Waals surface area contributed by atoms with E-state index < -0.39 is 11.4 Å². The van der Waals surface area contributed by atoms with Crippen molar-refractivity contribution in [2.24, 2.45) is 11.1 Å². The van der Waals surface area contributed by atoms with Crippen molar-refractivity contribution in [1.82, 2.24) is 5.32 Å². The summed E-state index contributed by atoms with van der Waals surface area (Å²) in [6.07, 6.45) is 0.211. The number of carboxylic acids is 1. The number of hydrogen-bond acceptors (Lipinski definition) is 3. The van der Waals surface area contributed by atoms with E-state index in [1.807, 2.05) is 24.3 Å². The van der Waals surface area contributed by atoms with E-state index in [-0.39, 0.29) is 18.9 Å². The number of benzene rings is 1. The maximum Gasteiger partial charge on any atom is 0.310 e. The van der Waals surface area contributed by atoms with Crippen LogP contribution >= 0.6 is 0 Å². The topological polar surface area (TPSA) is 92.4 Å². The van der Waals surface area contributed by atoms with Gasteiger partial charge in [-0.2, -0.15) is 0 Å². The second kappa shape index (κ2) is 6.33. The van der Waals surface area contributed by atoms with Crippen LogP contribution in [0.1, 0.15) is 25.0 Å². The van der Waals surface area contributed by atoms with Crippen LogP contribution in [0.5, 0.6) is 0 Å². The van der Waals surface area contributed by atoms with Crippen LogP contribution in [0.4, 0.5) is 0 Å². The Morgan fingerprint density at radius 3 is 2.37 bits per heavy atom. The van der Waals surface area contributed by atoms with Gasteiger partial charge in [-0.3, -0.25) is 9.59 Å². The molecular weight excluding hydrogens is 244 g/mol. The lowest BCUT2D eigenvalue weighted by atomic mass is 9.94. The number of aliphatic carboxylic acids is 1. The molecule has 0 saturated carbocycles. The number of rotatable bonds is 6. The SMILES string of the molecule is CC(C)(CNC(=O)Cc1ccccc1CN)C(=O)O. The minimum Gasteiger partial charge on any atom is -0.481 e. The summed E-state index contributed by atoms with van der Waals surface area (Å²) in [5.41, 5.74) is 6.43. The lowest BCUT2D eigenvalue weighted by Crippen LogP contribution is -2.39. The monoisotopic (exact) mass is 264 g/mol. The van der Waals surface area contributed by atoms with Crippen LogP contribution in [0.3, 0.4) is 0 Å². The van der Waals surface area contributed by atoms with Gasteiger partial charge in [-0.1, -0.05) is 24.3 Å². The average Bonchev–Trinajstić information content (AvgIpc) is 2.37. The largest absolute Gasteiger partial charge is 0.481 e. The maximum absolute atomic E-state index is 11.8. The molecule has 0 saturated heterocycles. The van der Waals surface area contributed by atoms with Gasteiger partial charge in [0.1, 0.15) is 0 Å². The molecule has 0 heterocycles. The van der Waals surface area contributed by atoms with Crippen LogP contribution in [0, 0.1) is 5.41 Å². The molecule has 104 valence electrons. The Morgan fingerprint density at radius 1 is 1.26 bits per heavy atom. The van der Waals surface area contributed by atoms with Crippen molar-refractivity contribution < 1.29 is 14.7 Å². The third-order valence-corrected chi connectivity index (χ3v) is 3.00. The first-order valence-corrected chi connectivity index (χ1v) is 6.14. The van der Waals surface area contributed by atoms with E-state index in [2.05, 4.69) is 5.32 Å². The predicted molar refractivity (Wildman–Crippen MR) is 72.5 cm³/mol. The Bertz CT molecular complexity index is 470. The van der Waals surface area contributed by atoms with Gasteiger partial charge in [0.2, 0.25) is 5.91 Å². The van der Waals surface area contributed by atoms with Gasteiger partial charge >= 0.3 is 5.97 Å². The van der Waals surface area contributed by atoms with E-state index in [0.717, 1.165) is 11.1 Å². The van der Waals surface area contributed by atoms with Crippen LogP contribution in [0.2, 0.25) is 0 Å². The highest BCUT2D eigenvalue weighted by molar-refractivity contribution is 5.80. The van der Waals surface area contributed by atoms with E-state index >= 15 is 0 Å². The summed E-state index contributed by atoms with van der Waals surface area (Å²) in [6, 6.07) is 7.45. The fraction of sp³-hybridized carbons (Fsp3) is 0.429. The smallest absolute Gasteiger partial charge is 0.310 e. The molecule has 1 aromatic rings. The molecule has 5 nitrogen and oxygen atoms in total. The fourth-order valence-electron chi connectivity index (χ4n) is 1.56. The molecule has 19 heavy (non-hydrogen) atoms. The Labute approximate surface area is 112 Å². The molecule has 0 aliphatic rings. The molecule has 1 aromatic carbocycles. The molecule has 5 heteroatoms. The maximum atomic E-state index is 11.8. The Hall–Kier alpha value is -1.88. The zero-order valence-corrected chi connectivity index (χ0v) is 11.3. The molecule has 0 atom stereocenters. The summed E-state index contributed by atoms with van der Waals surface area (Å²) < 4.78 is 0. The Kier molecular flexibility index (Phi) is 5.06. The van der Waals surface area contributed by atoms with Crippen molar-refractivity contribution in [1.29, 1.82) is 0 Å². The zero-order chi connectivity index (χ0) is 14.5. The van der Waals surface area contributed by atoms with Crippen LogP contribution in [0.25, 0.3) is 0 Å². The first-order valence-electron chi connectivity index (χ1n) is 6.14. The van der Waals surface area contributed by atoms with Gasteiger partial charge in [0.25, 0.3) is 0 Å². The normalized spacial score (nSPS) is 11.1. The van der Waals surface area contributed by atoms with Gasteiger partial charge in [0.05, 0.1) is 11.8 Å². The number of hydrogen-bond donors (Lipinski definition) is 3. The molecule has 0 aliphatic carbocycles. The average molecular weight is 264 g/mol. The number of amides is 1. The van der Waals surface area contributed by atoms with Gasteiger partial charge in [0.15, 0.2) is 0 Å². The number of nitrogens with one attached hydrogen (secondary N) is 1. The summed E-state index contributed by atoms with van der Waals surface area (Å²) in [7, 11) is 0. The van der Waals surface area contributed by atoms with Crippen LogP contribution in [0.15, 0.2) is 24.3 Å². The van der Waals surface area contributed by atoms with Crippen LogP contribution < -0.4 is 11.1 Å². The zero-order valence-electron chi connectivity index (χ0n) is 11.3. The summed E-state index contributed by atoms with van der Waals surface area (Å²) in [5.74, 6) is -1.13. The van der Waals surface area contributed by atoms with Crippen LogP contribution in [-0.2, 0) is 22.6 Å². The minimum absolute atomic E-state index is 0.103. The highest BCUT2D eigenvalue weighted by Gasteiger charge is 2.27. The van der Waals surface area contributed by atoms with Crippen molar-refractivity contribution in [3.05, 3.63) is 35.4 Å². The lowest BCUT2D eigenvalue weighted by Gasteiger charge is -2.19. The van der Waals surface area contributed by atoms with E-state index in [1.54, 1.807) is 13.8 Å². The number of carbonyl (C=O) groups is 2. The molecule has 0 bridgehead atoms. The molecular formula is C14H20N2O3. The van der Waals surface area contributed by atoms with Gasteiger partial charge in [-0.05, 0) is 25.0 Å². The summed E-state index contributed by atoms with van der Waals surface area (Å²) in [4.78, 5) is 22.7. The molecule has 0 unspecified atom stereocenters. The fourth-order valence-corrected chi connectivity index (χ4v) is 1.56. The standard InChI is InChI=1S/C14H20N2O3/c1-14(2,13(18)19)9-16-12(17)7-10-5-3-4-6-11(10)8-15/h3-6H,7-9,15H2,1-2H3,(H,16,17)(H,18,19). The predicted octanol–water partition coefficient (Wildman–Crippen LogP) is 0.915. The Balaban J connectivity index is 2.59. The quantitative estimate of drug-likeness (QED) is 0.712. The molecule has 0 fully saturated rings.